The lowest BCUT2D eigenvalue weighted by atomic mass is 10.2. The van der Waals surface area contributed by atoms with Crippen molar-refractivity contribution in [1.82, 2.24) is 14.8 Å². The second-order valence-corrected chi connectivity index (χ2v) is 6.97. The number of nitrogens with zero attached hydrogens (tertiary/aromatic N) is 2. The van der Waals surface area contributed by atoms with Crippen LogP contribution < -0.4 is 14.8 Å². The summed E-state index contributed by atoms with van der Waals surface area (Å²) in [4.78, 5) is 15.2. The Morgan fingerprint density at radius 3 is 2.63 bits per heavy atom. The molecule has 0 saturated carbocycles. The predicted molar refractivity (Wildman–Crippen MR) is 105 cm³/mol. The molecule has 1 aromatic heterocycles. The van der Waals surface area contributed by atoms with Gasteiger partial charge in [-0.3, -0.25) is 9.69 Å². The Kier molecular flexibility index (Phi) is 6.23. The molecule has 1 aromatic carbocycles. The molecule has 2 heterocycles. The summed E-state index contributed by atoms with van der Waals surface area (Å²) in [6, 6.07) is 5.71. The first-order chi connectivity index (χ1) is 13.0. The molecule has 1 aliphatic heterocycles. The first-order valence-electron chi connectivity index (χ1n) is 9.36. The molecule has 3 rings (SSSR count). The molecular weight excluding hydrogens is 346 g/mol. The summed E-state index contributed by atoms with van der Waals surface area (Å²) in [5.41, 5.74) is 1.51. The van der Waals surface area contributed by atoms with Crippen molar-refractivity contribution in [3.05, 3.63) is 23.9 Å². The van der Waals surface area contributed by atoms with E-state index in [1.54, 1.807) is 14.2 Å². The van der Waals surface area contributed by atoms with Crippen molar-refractivity contribution in [2.75, 3.05) is 47.1 Å². The number of methoxy groups -OCH3 is 2. The molecule has 148 valence electrons. The smallest absolute Gasteiger partial charge is 0.268 e. The SMILES string of the molecule is COc1cc(OC)c2cc(C(=O)NC(C)CCN3CCOCC3)n(C)c2c1. The fraction of sp³-hybridized carbons (Fsp3) is 0.550. The Balaban J connectivity index is 1.70. The summed E-state index contributed by atoms with van der Waals surface area (Å²) < 4.78 is 18.1. The van der Waals surface area contributed by atoms with E-state index >= 15 is 0 Å². The highest BCUT2D eigenvalue weighted by atomic mass is 16.5. The molecule has 1 atom stereocenters. The maximum absolute atomic E-state index is 12.8. The number of amides is 1. The number of rotatable bonds is 7. The van der Waals surface area contributed by atoms with Crippen molar-refractivity contribution >= 4 is 16.8 Å². The summed E-state index contributed by atoms with van der Waals surface area (Å²) in [5.74, 6) is 1.31. The Labute approximate surface area is 160 Å². The van der Waals surface area contributed by atoms with E-state index < -0.39 is 0 Å². The Hall–Kier alpha value is -2.25. The number of benzene rings is 1. The fourth-order valence-electron chi connectivity index (χ4n) is 3.45. The van der Waals surface area contributed by atoms with Gasteiger partial charge in [0, 0.05) is 50.2 Å². The maximum atomic E-state index is 12.8. The van der Waals surface area contributed by atoms with Gasteiger partial charge < -0.3 is 24.1 Å². The van der Waals surface area contributed by atoms with Crippen molar-refractivity contribution in [3.8, 4) is 11.5 Å². The molecular formula is C20H29N3O4. The first kappa shape index (κ1) is 19.5. The quantitative estimate of drug-likeness (QED) is 0.802. The van der Waals surface area contributed by atoms with Crippen molar-refractivity contribution in [1.29, 1.82) is 0 Å². The summed E-state index contributed by atoms with van der Waals surface area (Å²) in [6.07, 6.45) is 0.910. The number of nitrogens with one attached hydrogen (secondary N) is 1. The van der Waals surface area contributed by atoms with Gasteiger partial charge in [0.2, 0.25) is 0 Å². The van der Waals surface area contributed by atoms with Crippen molar-refractivity contribution < 1.29 is 19.0 Å². The molecule has 0 spiro atoms. The summed E-state index contributed by atoms with van der Waals surface area (Å²) in [5, 5.41) is 4.01. The van der Waals surface area contributed by atoms with Crippen LogP contribution >= 0.6 is 0 Å². The van der Waals surface area contributed by atoms with Gasteiger partial charge in [0.25, 0.3) is 5.91 Å². The molecule has 0 bridgehead atoms. The fourth-order valence-corrected chi connectivity index (χ4v) is 3.45. The minimum absolute atomic E-state index is 0.0794. The van der Waals surface area contributed by atoms with Crippen molar-refractivity contribution in [2.45, 2.75) is 19.4 Å². The molecule has 7 heteroatoms. The van der Waals surface area contributed by atoms with Crippen LogP contribution in [0.2, 0.25) is 0 Å². The third-order valence-electron chi connectivity index (χ3n) is 5.15. The van der Waals surface area contributed by atoms with Gasteiger partial charge in [-0.1, -0.05) is 0 Å². The lowest BCUT2D eigenvalue weighted by molar-refractivity contribution is 0.0363. The van der Waals surface area contributed by atoms with E-state index in [0.717, 1.165) is 50.2 Å². The highest BCUT2D eigenvalue weighted by Gasteiger charge is 2.19. The van der Waals surface area contributed by atoms with Gasteiger partial charge in [-0.05, 0) is 19.4 Å². The average molecular weight is 375 g/mol. The number of fused-ring (bicyclic) bond motifs is 1. The Bertz CT molecular complexity index is 796. The molecule has 1 aliphatic rings. The molecule has 0 aliphatic carbocycles. The number of ether oxygens (including phenoxy) is 3. The first-order valence-corrected chi connectivity index (χ1v) is 9.36. The molecule has 2 aromatic rings. The van der Waals surface area contributed by atoms with Gasteiger partial charge >= 0.3 is 0 Å². The topological polar surface area (TPSA) is 65.0 Å². The van der Waals surface area contributed by atoms with Crippen LogP contribution in [0.15, 0.2) is 18.2 Å². The number of hydrogen-bond acceptors (Lipinski definition) is 5. The maximum Gasteiger partial charge on any atom is 0.268 e. The number of carbonyl (C=O) groups is 1. The van der Waals surface area contributed by atoms with Gasteiger partial charge in [0.05, 0.1) is 33.0 Å². The number of hydrogen-bond donors (Lipinski definition) is 1. The zero-order valence-corrected chi connectivity index (χ0v) is 16.6. The normalized spacial score (nSPS) is 16.3. The number of aryl methyl sites for hydroxylation is 1. The third kappa shape index (κ3) is 4.36. The summed E-state index contributed by atoms with van der Waals surface area (Å²) in [6.45, 7) is 6.52. The van der Waals surface area contributed by atoms with E-state index in [2.05, 4.69) is 10.2 Å². The largest absolute Gasteiger partial charge is 0.497 e. The van der Waals surface area contributed by atoms with E-state index in [1.807, 2.05) is 36.7 Å². The standard InChI is InChI=1S/C20H29N3O4/c1-14(5-6-23-7-9-27-10-8-23)21-20(24)18-13-16-17(22(18)2)11-15(25-3)12-19(16)26-4/h11-14H,5-10H2,1-4H3,(H,21,24). The van der Waals surface area contributed by atoms with Crippen LogP contribution in [-0.2, 0) is 11.8 Å². The van der Waals surface area contributed by atoms with Crippen LogP contribution in [0, 0.1) is 0 Å². The molecule has 0 radical (unpaired) electrons. The number of morpholine rings is 1. The van der Waals surface area contributed by atoms with Gasteiger partial charge in [0.1, 0.15) is 17.2 Å². The molecule has 1 unspecified atom stereocenters. The molecule has 27 heavy (non-hydrogen) atoms. The summed E-state index contributed by atoms with van der Waals surface area (Å²) in [7, 11) is 5.12. The molecule has 1 amide bonds. The van der Waals surface area contributed by atoms with Crippen molar-refractivity contribution in [3.63, 3.8) is 0 Å². The lowest BCUT2D eigenvalue weighted by Crippen LogP contribution is -2.40. The molecule has 1 saturated heterocycles. The summed E-state index contributed by atoms with van der Waals surface area (Å²) >= 11 is 0. The van der Waals surface area contributed by atoms with E-state index in [1.165, 1.54) is 0 Å². The van der Waals surface area contributed by atoms with E-state index in [9.17, 15) is 4.79 Å². The van der Waals surface area contributed by atoms with E-state index in [0.29, 0.717) is 17.2 Å². The Morgan fingerprint density at radius 1 is 1.22 bits per heavy atom. The minimum Gasteiger partial charge on any atom is -0.497 e. The second kappa shape index (κ2) is 8.63. The number of aromatic nitrogens is 1. The average Bonchev–Trinajstić information content (AvgIpc) is 3.03. The lowest BCUT2D eigenvalue weighted by Gasteiger charge is -2.27. The van der Waals surface area contributed by atoms with Crippen LogP contribution in [0.3, 0.4) is 0 Å². The minimum atomic E-state index is -0.0794. The van der Waals surface area contributed by atoms with Gasteiger partial charge in [0.15, 0.2) is 0 Å². The van der Waals surface area contributed by atoms with Crippen molar-refractivity contribution in [2.24, 2.45) is 7.05 Å². The molecule has 1 N–H and O–H groups in total. The number of carbonyl (C=O) groups excluding carboxylic acids is 1. The van der Waals surface area contributed by atoms with Crippen LogP contribution in [-0.4, -0.2) is 68.5 Å². The second-order valence-electron chi connectivity index (χ2n) is 6.97. The predicted octanol–water partition coefficient (Wildman–Crippen LogP) is 2.04. The Morgan fingerprint density at radius 2 is 1.96 bits per heavy atom. The molecule has 7 nitrogen and oxygen atoms in total. The van der Waals surface area contributed by atoms with Crippen LogP contribution in [0.25, 0.3) is 10.9 Å². The van der Waals surface area contributed by atoms with Gasteiger partial charge in [-0.25, -0.2) is 0 Å². The highest BCUT2D eigenvalue weighted by Crippen LogP contribution is 2.33. The zero-order chi connectivity index (χ0) is 19.4. The van der Waals surface area contributed by atoms with Gasteiger partial charge in [-0.15, -0.1) is 0 Å². The van der Waals surface area contributed by atoms with E-state index in [-0.39, 0.29) is 11.9 Å². The van der Waals surface area contributed by atoms with Crippen LogP contribution in [0.5, 0.6) is 11.5 Å². The van der Waals surface area contributed by atoms with Crippen LogP contribution in [0.1, 0.15) is 23.8 Å². The molecule has 1 fully saturated rings. The third-order valence-corrected chi connectivity index (χ3v) is 5.15. The van der Waals surface area contributed by atoms with Gasteiger partial charge in [-0.2, -0.15) is 0 Å². The monoisotopic (exact) mass is 375 g/mol. The highest BCUT2D eigenvalue weighted by molar-refractivity contribution is 6.01. The zero-order valence-electron chi connectivity index (χ0n) is 16.6. The van der Waals surface area contributed by atoms with E-state index in [4.69, 9.17) is 14.2 Å². The van der Waals surface area contributed by atoms with Crippen LogP contribution in [0.4, 0.5) is 0 Å².